The molecule has 2 aliphatic rings. The number of nitrogens with one attached hydrogen (secondary N) is 1. The predicted octanol–water partition coefficient (Wildman–Crippen LogP) is 0.559. The molecule has 21 heavy (non-hydrogen) atoms. The molecule has 116 valence electrons. The summed E-state index contributed by atoms with van der Waals surface area (Å²) in [5, 5.41) is 3.05. The van der Waals surface area contributed by atoms with E-state index in [4.69, 9.17) is 0 Å². The summed E-state index contributed by atoms with van der Waals surface area (Å²) in [6, 6.07) is 3.96. The number of amides is 1. The highest BCUT2D eigenvalue weighted by Crippen LogP contribution is 2.37. The molecule has 3 rings (SSSR count). The Hall–Kier alpha value is -1.34. The SMILES string of the molecule is CS(=O)(=O)N1[C@H]2CC[C@H]1CC(NC(=O)Cn1cccc1)C2. The third-order valence-corrected chi connectivity index (χ3v) is 5.77. The summed E-state index contributed by atoms with van der Waals surface area (Å²) in [5.74, 6) is -0.0107. The van der Waals surface area contributed by atoms with Crippen molar-refractivity contribution in [2.24, 2.45) is 0 Å². The molecule has 1 aromatic rings. The van der Waals surface area contributed by atoms with Crippen LogP contribution in [0.1, 0.15) is 25.7 Å². The number of nitrogens with zero attached hydrogens (tertiary/aromatic N) is 2. The van der Waals surface area contributed by atoms with Gasteiger partial charge in [-0.25, -0.2) is 8.42 Å². The third kappa shape index (κ3) is 3.13. The first-order chi connectivity index (χ1) is 9.93. The minimum atomic E-state index is -3.14. The van der Waals surface area contributed by atoms with Crippen LogP contribution in [0, 0.1) is 0 Å². The second kappa shape index (κ2) is 5.46. The summed E-state index contributed by atoms with van der Waals surface area (Å²) < 4.78 is 27.1. The Morgan fingerprint density at radius 3 is 2.29 bits per heavy atom. The first-order valence-corrected chi connectivity index (χ1v) is 9.17. The van der Waals surface area contributed by atoms with E-state index in [2.05, 4.69) is 5.32 Å². The van der Waals surface area contributed by atoms with E-state index < -0.39 is 10.0 Å². The molecular weight excluding hydrogens is 290 g/mol. The van der Waals surface area contributed by atoms with Gasteiger partial charge in [0.25, 0.3) is 0 Å². The molecule has 1 N–H and O–H groups in total. The zero-order valence-electron chi connectivity index (χ0n) is 12.1. The van der Waals surface area contributed by atoms with Gasteiger partial charge in [-0.05, 0) is 37.8 Å². The van der Waals surface area contributed by atoms with Crippen LogP contribution < -0.4 is 5.32 Å². The fourth-order valence-corrected chi connectivity index (χ4v) is 5.17. The number of sulfonamides is 1. The largest absolute Gasteiger partial charge is 0.352 e. The standard InChI is InChI=1S/C14H21N3O3S/c1-21(19,20)17-12-4-5-13(17)9-11(8-12)15-14(18)10-16-6-2-3-7-16/h2-3,6-7,11-13H,4-5,8-10H2,1H3,(H,15,18)/t12-,13-/m0/s1. The van der Waals surface area contributed by atoms with Crippen molar-refractivity contribution >= 4 is 15.9 Å². The molecule has 3 heterocycles. The van der Waals surface area contributed by atoms with Gasteiger partial charge < -0.3 is 9.88 Å². The van der Waals surface area contributed by atoms with E-state index >= 15 is 0 Å². The van der Waals surface area contributed by atoms with Gasteiger partial charge in [0.05, 0.1) is 6.26 Å². The van der Waals surface area contributed by atoms with Crippen LogP contribution in [-0.2, 0) is 21.4 Å². The lowest BCUT2D eigenvalue weighted by molar-refractivity contribution is -0.122. The van der Waals surface area contributed by atoms with Crippen LogP contribution >= 0.6 is 0 Å². The van der Waals surface area contributed by atoms with Crippen molar-refractivity contribution in [3.05, 3.63) is 24.5 Å². The Bertz CT molecular complexity index is 597. The molecule has 2 atom stereocenters. The van der Waals surface area contributed by atoms with E-state index in [1.54, 1.807) is 4.31 Å². The van der Waals surface area contributed by atoms with Crippen LogP contribution in [-0.4, -0.2) is 47.6 Å². The highest BCUT2D eigenvalue weighted by Gasteiger charge is 2.45. The molecule has 0 aliphatic carbocycles. The van der Waals surface area contributed by atoms with Gasteiger partial charge in [-0.2, -0.15) is 4.31 Å². The molecule has 2 saturated heterocycles. The number of carbonyl (C=O) groups is 1. The van der Waals surface area contributed by atoms with Crippen molar-refractivity contribution < 1.29 is 13.2 Å². The summed E-state index contributed by atoms with van der Waals surface area (Å²) in [4.78, 5) is 12.0. The van der Waals surface area contributed by atoms with E-state index in [1.165, 1.54) is 6.26 Å². The van der Waals surface area contributed by atoms with Crippen molar-refractivity contribution in [3.63, 3.8) is 0 Å². The van der Waals surface area contributed by atoms with Gasteiger partial charge in [-0.3, -0.25) is 4.79 Å². The molecule has 7 heteroatoms. The topological polar surface area (TPSA) is 71.4 Å². The van der Waals surface area contributed by atoms with Gasteiger partial charge in [-0.1, -0.05) is 0 Å². The number of rotatable bonds is 4. The van der Waals surface area contributed by atoms with E-state index in [1.807, 2.05) is 29.1 Å². The Labute approximate surface area is 125 Å². The molecule has 0 aromatic carbocycles. The predicted molar refractivity (Wildman–Crippen MR) is 79.1 cm³/mol. The summed E-state index contributed by atoms with van der Waals surface area (Å²) >= 11 is 0. The minimum Gasteiger partial charge on any atom is -0.352 e. The smallest absolute Gasteiger partial charge is 0.240 e. The Balaban J connectivity index is 1.59. The first-order valence-electron chi connectivity index (χ1n) is 7.32. The van der Waals surface area contributed by atoms with Crippen molar-refractivity contribution in [2.75, 3.05) is 6.26 Å². The quantitative estimate of drug-likeness (QED) is 0.883. The average Bonchev–Trinajstić information content (AvgIpc) is 2.95. The van der Waals surface area contributed by atoms with Gasteiger partial charge in [0.15, 0.2) is 0 Å². The molecule has 1 amide bonds. The van der Waals surface area contributed by atoms with Crippen molar-refractivity contribution in [3.8, 4) is 0 Å². The lowest BCUT2D eigenvalue weighted by Crippen LogP contribution is -2.52. The average molecular weight is 311 g/mol. The molecule has 2 aliphatic heterocycles. The molecule has 1 aromatic heterocycles. The van der Waals surface area contributed by atoms with Gasteiger partial charge >= 0.3 is 0 Å². The molecule has 0 saturated carbocycles. The van der Waals surface area contributed by atoms with Gasteiger partial charge in [0.2, 0.25) is 15.9 Å². The molecule has 6 nitrogen and oxygen atoms in total. The number of carbonyl (C=O) groups excluding carboxylic acids is 1. The van der Waals surface area contributed by atoms with Crippen LogP contribution in [0.2, 0.25) is 0 Å². The van der Waals surface area contributed by atoms with E-state index in [0.717, 1.165) is 25.7 Å². The molecule has 2 fully saturated rings. The summed E-state index contributed by atoms with van der Waals surface area (Å²) in [6.07, 6.45) is 8.25. The Morgan fingerprint density at radius 2 is 1.76 bits per heavy atom. The molecule has 0 spiro atoms. The Kier molecular flexibility index (Phi) is 3.79. The highest BCUT2D eigenvalue weighted by atomic mass is 32.2. The maximum Gasteiger partial charge on any atom is 0.240 e. The molecule has 0 unspecified atom stereocenters. The molecule has 0 radical (unpaired) electrons. The number of piperidine rings is 1. The first kappa shape index (κ1) is 14.6. The fraction of sp³-hybridized carbons (Fsp3) is 0.643. The van der Waals surface area contributed by atoms with Crippen molar-refractivity contribution in [1.82, 2.24) is 14.2 Å². The highest BCUT2D eigenvalue weighted by molar-refractivity contribution is 7.88. The number of fused-ring (bicyclic) bond motifs is 2. The Morgan fingerprint density at radius 1 is 1.19 bits per heavy atom. The maximum atomic E-state index is 12.0. The van der Waals surface area contributed by atoms with Gasteiger partial charge in [0, 0.05) is 30.5 Å². The number of hydrogen-bond donors (Lipinski definition) is 1. The fourth-order valence-electron chi connectivity index (χ4n) is 3.71. The maximum absolute atomic E-state index is 12.0. The van der Waals surface area contributed by atoms with Crippen molar-refractivity contribution in [2.45, 2.75) is 50.4 Å². The van der Waals surface area contributed by atoms with Crippen LogP contribution in [0.5, 0.6) is 0 Å². The number of hydrogen-bond acceptors (Lipinski definition) is 3. The monoisotopic (exact) mass is 311 g/mol. The normalized spacial score (nSPS) is 29.5. The summed E-state index contributed by atoms with van der Waals surface area (Å²) in [7, 11) is -3.14. The lowest BCUT2D eigenvalue weighted by atomic mass is 10.00. The summed E-state index contributed by atoms with van der Waals surface area (Å²) in [6.45, 7) is 0.314. The zero-order chi connectivity index (χ0) is 15.0. The van der Waals surface area contributed by atoms with Crippen molar-refractivity contribution in [1.29, 1.82) is 0 Å². The van der Waals surface area contributed by atoms with Crippen LogP contribution in [0.3, 0.4) is 0 Å². The second-order valence-electron chi connectivity index (χ2n) is 6.07. The van der Waals surface area contributed by atoms with Crippen LogP contribution in [0.25, 0.3) is 0 Å². The molecule has 2 bridgehead atoms. The van der Waals surface area contributed by atoms with Crippen LogP contribution in [0.15, 0.2) is 24.5 Å². The van der Waals surface area contributed by atoms with Gasteiger partial charge in [-0.15, -0.1) is 0 Å². The zero-order valence-corrected chi connectivity index (χ0v) is 12.9. The third-order valence-electron chi connectivity index (χ3n) is 4.41. The molecular formula is C14H21N3O3S. The minimum absolute atomic E-state index is 0.0107. The van der Waals surface area contributed by atoms with E-state index in [-0.39, 0.29) is 24.0 Å². The van der Waals surface area contributed by atoms with Gasteiger partial charge in [0.1, 0.15) is 6.54 Å². The van der Waals surface area contributed by atoms with E-state index in [9.17, 15) is 13.2 Å². The lowest BCUT2D eigenvalue weighted by Gasteiger charge is -2.37. The second-order valence-corrected chi connectivity index (χ2v) is 7.96. The number of aromatic nitrogens is 1. The summed E-state index contributed by atoms with van der Waals surface area (Å²) in [5.41, 5.74) is 0. The van der Waals surface area contributed by atoms with Crippen LogP contribution in [0.4, 0.5) is 0 Å². The van der Waals surface area contributed by atoms with E-state index in [0.29, 0.717) is 6.54 Å².